The van der Waals surface area contributed by atoms with Crippen LogP contribution in [0.4, 0.5) is 4.39 Å². The molecule has 32 heavy (non-hydrogen) atoms. The lowest BCUT2D eigenvalue weighted by atomic mass is 10.1. The fourth-order valence-corrected chi connectivity index (χ4v) is 3.49. The summed E-state index contributed by atoms with van der Waals surface area (Å²) >= 11 is 17.9. The van der Waals surface area contributed by atoms with E-state index in [0.717, 1.165) is 16.8 Å². The van der Waals surface area contributed by atoms with Gasteiger partial charge in [0.2, 0.25) is 0 Å². The zero-order valence-electron chi connectivity index (χ0n) is 16.7. The number of nitrogens with one attached hydrogen (secondary N) is 1. The molecule has 3 aromatic carbocycles. The van der Waals surface area contributed by atoms with Gasteiger partial charge in [0.25, 0.3) is 0 Å². The number of rotatable bonds is 6. The van der Waals surface area contributed by atoms with Gasteiger partial charge in [-0.15, -0.1) is 12.4 Å². The highest BCUT2D eigenvalue weighted by atomic mass is 35.5. The average Bonchev–Trinajstić information content (AvgIpc) is 3.25. The van der Waals surface area contributed by atoms with Gasteiger partial charge in [-0.3, -0.25) is 0 Å². The third-order valence-electron chi connectivity index (χ3n) is 4.64. The van der Waals surface area contributed by atoms with Crippen molar-refractivity contribution in [2.75, 3.05) is 7.11 Å². The molecule has 1 N–H and O–H groups in total. The fourth-order valence-electron chi connectivity index (χ4n) is 3.03. The van der Waals surface area contributed by atoms with E-state index >= 15 is 0 Å². The van der Waals surface area contributed by atoms with Crippen LogP contribution in [0.15, 0.2) is 60.8 Å². The van der Waals surface area contributed by atoms with Crippen LogP contribution >= 0.6 is 47.2 Å². The molecule has 4 rings (SSSR count). The molecule has 0 spiro atoms. The molecule has 166 valence electrons. The maximum Gasteiger partial charge on any atom is 0.137 e. The highest BCUT2D eigenvalue weighted by Gasteiger charge is 2.13. The molecule has 4 aromatic rings. The Kier molecular flexibility index (Phi) is 7.91. The van der Waals surface area contributed by atoms with Crippen molar-refractivity contribution in [3.8, 4) is 34.1 Å². The minimum Gasteiger partial charge on any atom is -0.496 e. The summed E-state index contributed by atoms with van der Waals surface area (Å²) in [5, 5.41) is 1.27. The number of methoxy groups -OCH3 is 1. The van der Waals surface area contributed by atoms with Crippen LogP contribution in [-0.4, -0.2) is 17.1 Å². The predicted molar refractivity (Wildman–Crippen MR) is 129 cm³/mol. The second-order valence-electron chi connectivity index (χ2n) is 6.66. The Morgan fingerprint density at radius 2 is 1.78 bits per heavy atom. The summed E-state index contributed by atoms with van der Waals surface area (Å²) < 4.78 is 25.2. The monoisotopic (exact) mass is 512 g/mol. The van der Waals surface area contributed by atoms with E-state index in [1.54, 1.807) is 49.7 Å². The highest BCUT2D eigenvalue weighted by molar-refractivity contribution is 6.42. The minimum atomic E-state index is -0.414. The van der Waals surface area contributed by atoms with E-state index in [1.165, 1.54) is 6.07 Å². The maximum absolute atomic E-state index is 14.0. The first kappa shape index (κ1) is 24.2. The van der Waals surface area contributed by atoms with E-state index in [4.69, 9.17) is 44.3 Å². The number of nitrogens with zero attached hydrogens (tertiary/aromatic N) is 1. The Morgan fingerprint density at radius 3 is 2.50 bits per heavy atom. The van der Waals surface area contributed by atoms with Crippen LogP contribution in [-0.2, 0) is 6.61 Å². The zero-order chi connectivity index (χ0) is 22.0. The number of hydrogen-bond donors (Lipinski definition) is 1. The maximum atomic E-state index is 14.0. The molecule has 1 heterocycles. The summed E-state index contributed by atoms with van der Waals surface area (Å²) in [5.74, 6) is 1.36. The number of hydrogen-bond acceptors (Lipinski definition) is 3. The van der Waals surface area contributed by atoms with Crippen molar-refractivity contribution in [2.24, 2.45) is 0 Å². The number of ether oxygens (including phenoxy) is 2. The van der Waals surface area contributed by atoms with E-state index < -0.39 is 5.82 Å². The van der Waals surface area contributed by atoms with Crippen LogP contribution in [0, 0.1) is 5.82 Å². The summed E-state index contributed by atoms with van der Waals surface area (Å²) in [5.41, 5.74) is 2.77. The van der Waals surface area contributed by atoms with Gasteiger partial charge in [0.05, 0.1) is 29.0 Å². The molecule has 0 saturated carbocycles. The van der Waals surface area contributed by atoms with Crippen molar-refractivity contribution in [3.63, 3.8) is 0 Å². The molecule has 0 unspecified atom stereocenters. The lowest BCUT2D eigenvalue weighted by Crippen LogP contribution is -1.99. The summed E-state index contributed by atoms with van der Waals surface area (Å²) in [4.78, 5) is 7.69. The third kappa shape index (κ3) is 5.30. The first-order valence-electron chi connectivity index (χ1n) is 9.20. The van der Waals surface area contributed by atoms with Crippen molar-refractivity contribution in [2.45, 2.75) is 6.61 Å². The number of aromatic amines is 1. The third-order valence-corrected chi connectivity index (χ3v) is 5.62. The molecule has 9 heteroatoms. The Balaban J connectivity index is 0.00000289. The molecule has 0 radical (unpaired) electrons. The Morgan fingerprint density at radius 1 is 0.969 bits per heavy atom. The van der Waals surface area contributed by atoms with Crippen LogP contribution in [0.5, 0.6) is 11.5 Å². The van der Waals surface area contributed by atoms with Crippen LogP contribution in [0.3, 0.4) is 0 Å². The molecule has 0 aliphatic heterocycles. The Bertz CT molecular complexity index is 1250. The van der Waals surface area contributed by atoms with Gasteiger partial charge in [0.15, 0.2) is 0 Å². The van der Waals surface area contributed by atoms with Crippen LogP contribution < -0.4 is 9.47 Å². The van der Waals surface area contributed by atoms with Gasteiger partial charge in [0.1, 0.15) is 29.7 Å². The van der Waals surface area contributed by atoms with Gasteiger partial charge in [-0.05, 0) is 42.5 Å². The molecule has 0 fully saturated rings. The number of benzene rings is 3. The standard InChI is InChI=1S/C23H16Cl3FN2O2.ClH/c1-30-22-10-16(31-12-14-2-4-15(24)9-20(14)27)5-6-17(22)21-11-28-23(29-21)13-3-7-18(25)19(26)8-13;/h2-11H,12H2,1H3,(H,28,29);1H. The summed E-state index contributed by atoms with van der Waals surface area (Å²) in [6.07, 6.45) is 1.71. The van der Waals surface area contributed by atoms with Crippen molar-refractivity contribution >= 4 is 47.2 Å². The number of halogens is 5. The molecular formula is C23H17Cl4FN2O2. The Hall–Kier alpha value is -2.44. The topological polar surface area (TPSA) is 47.1 Å². The first-order chi connectivity index (χ1) is 14.9. The normalized spacial score (nSPS) is 10.5. The van der Waals surface area contributed by atoms with Gasteiger partial charge < -0.3 is 14.5 Å². The fraction of sp³-hybridized carbons (Fsp3) is 0.0870. The van der Waals surface area contributed by atoms with E-state index in [9.17, 15) is 4.39 Å². The lowest BCUT2D eigenvalue weighted by molar-refractivity contribution is 0.297. The molecular weight excluding hydrogens is 497 g/mol. The van der Waals surface area contributed by atoms with Gasteiger partial charge in [-0.1, -0.05) is 40.9 Å². The zero-order valence-corrected chi connectivity index (χ0v) is 19.7. The summed E-state index contributed by atoms with van der Waals surface area (Å²) in [6, 6.07) is 15.1. The number of aromatic nitrogens is 2. The number of H-pyrrole nitrogens is 1. The largest absolute Gasteiger partial charge is 0.496 e. The van der Waals surface area contributed by atoms with Gasteiger partial charge in [-0.25, -0.2) is 9.37 Å². The Labute approximate surface area is 205 Å². The summed E-state index contributed by atoms with van der Waals surface area (Å²) in [6.45, 7) is 0.0665. The predicted octanol–water partition coefficient (Wildman–Crippen LogP) is 7.85. The summed E-state index contributed by atoms with van der Waals surface area (Å²) in [7, 11) is 1.57. The molecule has 1 aromatic heterocycles. The van der Waals surface area contributed by atoms with Crippen molar-refractivity contribution in [1.82, 2.24) is 9.97 Å². The quantitative estimate of drug-likeness (QED) is 0.285. The van der Waals surface area contributed by atoms with Crippen molar-refractivity contribution in [3.05, 3.63) is 87.2 Å². The van der Waals surface area contributed by atoms with E-state index in [-0.39, 0.29) is 19.0 Å². The molecule has 0 aliphatic carbocycles. The van der Waals surface area contributed by atoms with Gasteiger partial charge in [0, 0.05) is 27.8 Å². The van der Waals surface area contributed by atoms with E-state index in [0.29, 0.717) is 38.0 Å². The molecule has 0 bridgehead atoms. The second-order valence-corrected chi connectivity index (χ2v) is 7.91. The van der Waals surface area contributed by atoms with Crippen molar-refractivity contribution < 1.29 is 13.9 Å². The lowest BCUT2D eigenvalue weighted by Gasteiger charge is -2.11. The van der Waals surface area contributed by atoms with Crippen molar-refractivity contribution in [1.29, 1.82) is 0 Å². The molecule has 0 aliphatic rings. The number of imidazole rings is 1. The minimum absolute atomic E-state index is 0. The highest BCUT2D eigenvalue weighted by Crippen LogP contribution is 2.34. The first-order valence-corrected chi connectivity index (χ1v) is 10.3. The van der Waals surface area contributed by atoms with Crippen LogP contribution in [0.1, 0.15) is 5.56 Å². The van der Waals surface area contributed by atoms with E-state index in [1.807, 2.05) is 12.1 Å². The van der Waals surface area contributed by atoms with Gasteiger partial charge in [-0.2, -0.15) is 0 Å². The van der Waals surface area contributed by atoms with Crippen LogP contribution in [0.2, 0.25) is 15.1 Å². The van der Waals surface area contributed by atoms with E-state index in [2.05, 4.69) is 9.97 Å². The second kappa shape index (κ2) is 10.5. The molecule has 0 amide bonds. The average molecular weight is 514 g/mol. The smallest absolute Gasteiger partial charge is 0.137 e. The molecule has 0 saturated heterocycles. The molecule has 0 atom stereocenters. The van der Waals surface area contributed by atoms with Crippen LogP contribution in [0.25, 0.3) is 22.6 Å². The van der Waals surface area contributed by atoms with Gasteiger partial charge >= 0.3 is 0 Å². The molecule has 4 nitrogen and oxygen atoms in total. The SMILES string of the molecule is COc1cc(OCc2ccc(Cl)cc2F)ccc1-c1cnc(-c2ccc(Cl)c(Cl)c2)[nH]1.Cl.